The van der Waals surface area contributed by atoms with E-state index in [-0.39, 0.29) is 12.6 Å². The van der Waals surface area contributed by atoms with Gasteiger partial charge in [-0.1, -0.05) is 18.7 Å². The molecule has 0 unspecified atom stereocenters. The lowest BCUT2D eigenvalue weighted by Crippen LogP contribution is -2.09. The molecule has 2 nitrogen and oxygen atoms in total. The Kier molecular flexibility index (Phi) is 3.67. The third kappa shape index (κ3) is 2.94. The quantitative estimate of drug-likeness (QED) is 0.558. The van der Waals surface area contributed by atoms with E-state index in [9.17, 15) is 4.79 Å². The molecular weight excluding hydrogens is 188 g/mol. The number of ether oxygens (including phenoxy) is 1. The smallest absolute Gasteiger partial charge is 0.338 e. The minimum atomic E-state index is -0.279. The fourth-order valence-electron chi connectivity index (χ4n) is 1.24. The Hall–Kier alpha value is -1.57. The lowest BCUT2D eigenvalue weighted by atomic mass is 10.0. The van der Waals surface area contributed by atoms with E-state index in [1.54, 1.807) is 6.07 Å². The van der Waals surface area contributed by atoms with Crippen molar-refractivity contribution < 1.29 is 9.53 Å². The van der Waals surface area contributed by atoms with Crippen LogP contribution in [0.25, 0.3) is 0 Å². The number of esters is 1. The Morgan fingerprint density at radius 2 is 2.07 bits per heavy atom. The molecule has 15 heavy (non-hydrogen) atoms. The van der Waals surface area contributed by atoms with Crippen LogP contribution in [-0.4, -0.2) is 12.6 Å². The highest BCUT2D eigenvalue weighted by Gasteiger charge is 2.10. The van der Waals surface area contributed by atoms with Crippen molar-refractivity contribution in [3.8, 4) is 0 Å². The van der Waals surface area contributed by atoms with Crippen LogP contribution in [-0.2, 0) is 4.74 Å². The molecule has 0 aromatic heterocycles. The summed E-state index contributed by atoms with van der Waals surface area (Å²) < 4.78 is 5.09. The molecule has 0 aliphatic carbocycles. The molecule has 0 heterocycles. The zero-order valence-electron chi connectivity index (χ0n) is 9.46. The second-order valence-electron chi connectivity index (χ2n) is 3.78. The van der Waals surface area contributed by atoms with Crippen LogP contribution in [0.1, 0.15) is 28.4 Å². The summed E-state index contributed by atoms with van der Waals surface area (Å²) in [5.74, 6) is -0.279. The topological polar surface area (TPSA) is 26.3 Å². The van der Waals surface area contributed by atoms with Crippen LogP contribution in [0.2, 0.25) is 0 Å². The molecule has 0 aliphatic heterocycles. The summed E-state index contributed by atoms with van der Waals surface area (Å²) >= 11 is 0. The second-order valence-corrected chi connectivity index (χ2v) is 3.78. The Bertz CT molecular complexity index is 392. The van der Waals surface area contributed by atoms with Gasteiger partial charge in [-0.2, -0.15) is 0 Å². The molecule has 1 rings (SSSR count). The third-order valence-corrected chi connectivity index (χ3v) is 2.27. The first kappa shape index (κ1) is 11.5. The van der Waals surface area contributed by atoms with Crippen molar-refractivity contribution in [2.24, 2.45) is 0 Å². The summed E-state index contributed by atoms with van der Waals surface area (Å²) in [6.45, 7) is 9.70. The van der Waals surface area contributed by atoms with E-state index in [2.05, 4.69) is 6.58 Å². The highest BCUT2D eigenvalue weighted by atomic mass is 16.5. The van der Waals surface area contributed by atoms with Gasteiger partial charge in [0.25, 0.3) is 0 Å². The van der Waals surface area contributed by atoms with Gasteiger partial charge < -0.3 is 4.74 Å². The van der Waals surface area contributed by atoms with Crippen LogP contribution < -0.4 is 0 Å². The normalized spacial score (nSPS) is 9.80. The molecule has 2 heteroatoms. The van der Waals surface area contributed by atoms with Gasteiger partial charge >= 0.3 is 5.97 Å². The van der Waals surface area contributed by atoms with Crippen LogP contribution in [0.4, 0.5) is 0 Å². The lowest BCUT2D eigenvalue weighted by molar-refractivity contribution is 0.0539. The first-order valence-corrected chi connectivity index (χ1v) is 4.90. The van der Waals surface area contributed by atoms with Crippen LogP contribution in [0, 0.1) is 13.8 Å². The Labute approximate surface area is 90.6 Å². The van der Waals surface area contributed by atoms with Crippen molar-refractivity contribution >= 4 is 5.97 Å². The minimum absolute atomic E-state index is 0.279. The average molecular weight is 204 g/mol. The van der Waals surface area contributed by atoms with Gasteiger partial charge in [-0.3, -0.25) is 0 Å². The molecule has 0 spiro atoms. The Balaban J connectivity index is 2.82. The molecule has 0 amide bonds. The summed E-state index contributed by atoms with van der Waals surface area (Å²) in [6.07, 6.45) is 0. The molecule has 1 aromatic carbocycles. The third-order valence-electron chi connectivity index (χ3n) is 2.27. The van der Waals surface area contributed by atoms with Gasteiger partial charge in [0.1, 0.15) is 6.61 Å². The van der Waals surface area contributed by atoms with Crippen molar-refractivity contribution in [3.05, 3.63) is 47.0 Å². The van der Waals surface area contributed by atoms with Gasteiger partial charge in [0, 0.05) is 0 Å². The molecule has 0 N–H and O–H groups in total. The maximum Gasteiger partial charge on any atom is 0.338 e. The van der Waals surface area contributed by atoms with Crippen molar-refractivity contribution in [3.63, 3.8) is 0 Å². The molecule has 0 aliphatic rings. The zero-order valence-corrected chi connectivity index (χ0v) is 9.46. The molecule has 0 atom stereocenters. The van der Waals surface area contributed by atoms with Crippen molar-refractivity contribution in [1.82, 2.24) is 0 Å². The van der Waals surface area contributed by atoms with E-state index in [1.165, 1.54) is 0 Å². The Morgan fingerprint density at radius 1 is 1.40 bits per heavy atom. The van der Waals surface area contributed by atoms with Gasteiger partial charge in [-0.05, 0) is 43.5 Å². The highest BCUT2D eigenvalue weighted by molar-refractivity contribution is 5.91. The maximum absolute atomic E-state index is 11.7. The molecule has 0 radical (unpaired) electrons. The summed E-state index contributed by atoms with van der Waals surface area (Å²) in [4.78, 5) is 11.7. The van der Waals surface area contributed by atoms with E-state index in [4.69, 9.17) is 4.74 Å². The van der Waals surface area contributed by atoms with E-state index < -0.39 is 0 Å². The van der Waals surface area contributed by atoms with Gasteiger partial charge in [-0.15, -0.1) is 0 Å². The van der Waals surface area contributed by atoms with Crippen molar-refractivity contribution in [1.29, 1.82) is 0 Å². The zero-order chi connectivity index (χ0) is 11.4. The fraction of sp³-hybridized carbons (Fsp3) is 0.308. The predicted octanol–water partition coefficient (Wildman–Crippen LogP) is 3.04. The number of hydrogen-bond acceptors (Lipinski definition) is 2. The van der Waals surface area contributed by atoms with Gasteiger partial charge in [0.2, 0.25) is 0 Å². The number of rotatable bonds is 3. The molecule has 0 saturated carbocycles. The van der Waals surface area contributed by atoms with Gasteiger partial charge in [0.05, 0.1) is 5.56 Å². The number of aryl methyl sites for hydroxylation is 1. The van der Waals surface area contributed by atoms with E-state index >= 15 is 0 Å². The van der Waals surface area contributed by atoms with E-state index in [0.29, 0.717) is 5.56 Å². The molecule has 80 valence electrons. The summed E-state index contributed by atoms with van der Waals surface area (Å²) in [7, 11) is 0. The number of carbonyl (C=O) groups excluding carboxylic acids is 1. The first-order chi connectivity index (χ1) is 7.02. The maximum atomic E-state index is 11.7. The van der Waals surface area contributed by atoms with E-state index in [1.807, 2.05) is 32.9 Å². The monoisotopic (exact) mass is 204 g/mol. The van der Waals surface area contributed by atoms with Crippen LogP contribution in [0.3, 0.4) is 0 Å². The minimum Gasteiger partial charge on any atom is -0.458 e. The van der Waals surface area contributed by atoms with Crippen LogP contribution >= 0.6 is 0 Å². The van der Waals surface area contributed by atoms with Crippen molar-refractivity contribution in [2.45, 2.75) is 20.8 Å². The molecule has 0 fully saturated rings. The van der Waals surface area contributed by atoms with Gasteiger partial charge in [-0.25, -0.2) is 4.79 Å². The van der Waals surface area contributed by atoms with E-state index in [0.717, 1.165) is 16.7 Å². The predicted molar refractivity (Wildman–Crippen MR) is 61.0 cm³/mol. The number of benzene rings is 1. The summed E-state index contributed by atoms with van der Waals surface area (Å²) in [6, 6.07) is 5.62. The highest BCUT2D eigenvalue weighted by Crippen LogP contribution is 2.13. The fourth-order valence-corrected chi connectivity index (χ4v) is 1.24. The van der Waals surface area contributed by atoms with Crippen LogP contribution in [0.5, 0.6) is 0 Å². The largest absolute Gasteiger partial charge is 0.458 e. The first-order valence-electron chi connectivity index (χ1n) is 4.90. The molecular formula is C13H16O2. The second kappa shape index (κ2) is 4.78. The molecule has 1 aromatic rings. The average Bonchev–Trinajstić information content (AvgIpc) is 2.18. The van der Waals surface area contributed by atoms with Gasteiger partial charge in [0.15, 0.2) is 0 Å². The lowest BCUT2D eigenvalue weighted by Gasteiger charge is -2.08. The Morgan fingerprint density at radius 3 is 2.67 bits per heavy atom. The molecule has 0 saturated heterocycles. The number of carbonyl (C=O) groups is 1. The summed E-state index contributed by atoms with van der Waals surface area (Å²) in [5.41, 5.74) is 3.55. The molecule has 0 bridgehead atoms. The van der Waals surface area contributed by atoms with Crippen LogP contribution in [0.15, 0.2) is 30.4 Å². The number of hydrogen-bond donors (Lipinski definition) is 0. The summed E-state index contributed by atoms with van der Waals surface area (Å²) in [5, 5.41) is 0. The van der Waals surface area contributed by atoms with Crippen molar-refractivity contribution in [2.75, 3.05) is 6.61 Å². The SMILES string of the molecule is C=C(C)COC(=O)c1cccc(C)c1C. The standard InChI is InChI=1S/C13H16O2/c1-9(2)8-15-13(14)12-7-5-6-10(3)11(12)4/h5-7H,1,8H2,2-4H3.